The summed E-state index contributed by atoms with van der Waals surface area (Å²) < 4.78 is 5.20. The van der Waals surface area contributed by atoms with Crippen molar-refractivity contribution >= 4 is 23.2 Å². The van der Waals surface area contributed by atoms with E-state index in [9.17, 15) is 4.79 Å². The van der Waals surface area contributed by atoms with E-state index < -0.39 is 0 Å². The molecule has 3 aromatic rings. The third kappa shape index (κ3) is 4.16. The number of aryl methyl sites for hydroxylation is 2. The number of aromatic nitrogens is 2. The lowest BCUT2D eigenvalue weighted by Gasteiger charge is -2.10. The number of carbonyl (C=O) groups is 1. The van der Waals surface area contributed by atoms with E-state index in [1.165, 1.54) is 0 Å². The molecule has 26 heavy (non-hydrogen) atoms. The molecule has 2 aromatic carbocycles. The molecule has 6 heteroatoms. The van der Waals surface area contributed by atoms with Crippen LogP contribution in [-0.2, 0) is 0 Å². The topological polar surface area (TPSA) is 76.1 Å². The molecule has 0 aliphatic carbocycles. The number of anilines is 3. The van der Waals surface area contributed by atoms with Gasteiger partial charge in [-0.3, -0.25) is 4.79 Å². The Morgan fingerprint density at radius 2 is 1.92 bits per heavy atom. The van der Waals surface area contributed by atoms with E-state index in [4.69, 9.17) is 4.74 Å². The number of hydrogen-bond acceptors (Lipinski definition) is 5. The lowest BCUT2D eigenvalue weighted by atomic mass is 10.1. The lowest BCUT2D eigenvalue weighted by Crippen LogP contribution is -2.15. The monoisotopic (exact) mass is 348 g/mol. The van der Waals surface area contributed by atoms with Gasteiger partial charge < -0.3 is 15.4 Å². The number of benzene rings is 2. The normalized spacial score (nSPS) is 10.3. The highest BCUT2D eigenvalue weighted by atomic mass is 16.5. The van der Waals surface area contributed by atoms with Gasteiger partial charge >= 0.3 is 0 Å². The van der Waals surface area contributed by atoms with Crippen LogP contribution in [0.25, 0.3) is 0 Å². The molecule has 0 saturated heterocycles. The van der Waals surface area contributed by atoms with Crippen LogP contribution in [0.2, 0.25) is 0 Å². The van der Waals surface area contributed by atoms with Crippen LogP contribution in [0.15, 0.2) is 54.7 Å². The fourth-order valence-electron chi connectivity index (χ4n) is 2.43. The number of carbonyl (C=O) groups excluding carboxylic acids is 1. The van der Waals surface area contributed by atoms with Crippen LogP contribution in [-0.4, -0.2) is 23.0 Å². The van der Waals surface area contributed by atoms with Gasteiger partial charge in [0.25, 0.3) is 5.91 Å². The summed E-state index contributed by atoms with van der Waals surface area (Å²) in [5.41, 5.74) is 3.90. The van der Waals surface area contributed by atoms with Gasteiger partial charge in [-0.25, -0.2) is 9.97 Å². The summed E-state index contributed by atoms with van der Waals surface area (Å²) in [5, 5.41) is 5.98. The summed E-state index contributed by atoms with van der Waals surface area (Å²) in [6.45, 7) is 3.93. The van der Waals surface area contributed by atoms with Crippen molar-refractivity contribution in [2.75, 3.05) is 17.7 Å². The van der Waals surface area contributed by atoms with Gasteiger partial charge in [0.1, 0.15) is 11.4 Å². The molecule has 0 radical (unpaired) electrons. The maximum absolute atomic E-state index is 12.5. The highest BCUT2D eigenvalue weighted by molar-refractivity contribution is 6.03. The Kier molecular flexibility index (Phi) is 5.12. The maximum atomic E-state index is 12.5. The van der Waals surface area contributed by atoms with Crippen molar-refractivity contribution in [1.82, 2.24) is 9.97 Å². The van der Waals surface area contributed by atoms with E-state index >= 15 is 0 Å². The number of nitrogens with zero attached hydrogens (tertiary/aromatic N) is 2. The smallest absolute Gasteiger partial charge is 0.274 e. The molecule has 1 amide bonds. The summed E-state index contributed by atoms with van der Waals surface area (Å²) in [4.78, 5) is 21.0. The van der Waals surface area contributed by atoms with Crippen LogP contribution in [0.1, 0.15) is 21.6 Å². The van der Waals surface area contributed by atoms with Crippen molar-refractivity contribution in [1.29, 1.82) is 0 Å². The van der Waals surface area contributed by atoms with Crippen LogP contribution < -0.4 is 15.4 Å². The standard InChI is InChI=1S/C20H20N4O2/c1-13-7-8-14(2)18(11-13)23-19(25)17-9-10-21-20(24-17)22-15-5-4-6-16(12-15)26-3/h4-12H,1-3H3,(H,23,25)(H,21,22,24). The first-order chi connectivity index (χ1) is 12.5. The maximum Gasteiger partial charge on any atom is 0.274 e. The molecule has 0 saturated carbocycles. The Bertz CT molecular complexity index is 941. The summed E-state index contributed by atoms with van der Waals surface area (Å²) in [7, 11) is 1.61. The highest BCUT2D eigenvalue weighted by Crippen LogP contribution is 2.20. The van der Waals surface area contributed by atoms with E-state index in [1.807, 2.05) is 56.3 Å². The first-order valence-electron chi connectivity index (χ1n) is 8.18. The van der Waals surface area contributed by atoms with Crippen molar-refractivity contribution in [3.05, 3.63) is 71.5 Å². The minimum Gasteiger partial charge on any atom is -0.497 e. The van der Waals surface area contributed by atoms with E-state index in [0.717, 1.165) is 28.3 Å². The van der Waals surface area contributed by atoms with Crippen molar-refractivity contribution < 1.29 is 9.53 Å². The quantitative estimate of drug-likeness (QED) is 0.726. The molecule has 0 bridgehead atoms. The summed E-state index contributed by atoms with van der Waals surface area (Å²) in [6.07, 6.45) is 1.55. The van der Waals surface area contributed by atoms with E-state index in [1.54, 1.807) is 19.4 Å². The SMILES string of the molecule is COc1cccc(Nc2nccc(C(=O)Nc3cc(C)ccc3C)n2)c1. The Morgan fingerprint density at radius 1 is 1.08 bits per heavy atom. The van der Waals surface area contributed by atoms with Crippen LogP contribution in [0.5, 0.6) is 5.75 Å². The minimum atomic E-state index is -0.283. The lowest BCUT2D eigenvalue weighted by molar-refractivity contribution is 0.102. The fourth-order valence-corrected chi connectivity index (χ4v) is 2.43. The van der Waals surface area contributed by atoms with Crippen LogP contribution in [0.4, 0.5) is 17.3 Å². The minimum absolute atomic E-state index is 0.283. The zero-order valence-electron chi connectivity index (χ0n) is 14.9. The molecule has 3 rings (SSSR count). The molecule has 1 heterocycles. The van der Waals surface area contributed by atoms with E-state index in [0.29, 0.717) is 5.95 Å². The Morgan fingerprint density at radius 3 is 2.73 bits per heavy atom. The number of ether oxygens (including phenoxy) is 1. The van der Waals surface area contributed by atoms with Crippen LogP contribution in [0, 0.1) is 13.8 Å². The Labute approximate surface area is 152 Å². The molecule has 6 nitrogen and oxygen atoms in total. The van der Waals surface area contributed by atoms with Gasteiger partial charge in [0, 0.05) is 23.6 Å². The molecular weight excluding hydrogens is 328 g/mol. The zero-order valence-corrected chi connectivity index (χ0v) is 14.9. The van der Waals surface area contributed by atoms with Gasteiger partial charge in [0.2, 0.25) is 5.95 Å². The number of methoxy groups -OCH3 is 1. The predicted octanol–water partition coefficient (Wildman–Crippen LogP) is 4.10. The van der Waals surface area contributed by atoms with E-state index in [-0.39, 0.29) is 11.6 Å². The van der Waals surface area contributed by atoms with Crippen molar-refractivity contribution in [2.45, 2.75) is 13.8 Å². The summed E-state index contributed by atoms with van der Waals surface area (Å²) in [5.74, 6) is 0.778. The van der Waals surface area contributed by atoms with E-state index in [2.05, 4.69) is 20.6 Å². The number of nitrogens with one attached hydrogen (secondary N) is 2. The third-order valence-corrected chi connectivity index (χ3v) is 3.86. The van der Waals surface area contributed by atoms with Gasteiger partial charge in [0.05, 0.1) is 7.11 Å². The second-order valence-corrected chi connectivity index (χ2v) is 5.89. The molecule has 0 atom stereocenters. The molecule has 0 fully saturated rings. The van der Waals surface area contributed by atoms with Crippen LogP contribution in [0.3, 0.4) is 0 Å². The molecule has 0 aliphatic rings. The van der Waals surface area contributed by atoms with Gasteiger partial charge in [-0.1, -0.05) is 18.2 Å². The van der Waals surface area contributed by atoms with Gasteiger partial charge in [-0.05, 0) is 49.2 Å². The number of rotatable bonds is 5. The largest absolute Gasteiger partial charge is 0.497 e. The molecular formula is C20H20N4O2. The van der Waals surface area contributed by atoms with Crippen molar-refractivity contribution in [3.8, 4) is 5.75 Å². The van der Waals surface area contributed by atoms with Crippen molar-refractivity contribution in [2.24, 2.45) is 0 Å². The highest BCUT2D eigenvalue weighted by Gasteiger charge is 2.11. The number of amides is 1. The molecule has 1 aromatic heterocycles. The molecule has 0 unspecified atom stereocenters. The molecule has 132 valence electrons. The summed E-state index contributed by atoms with van der Waals surface area (Å²) in [6, 6.07) is 14.9. The van der Waals surface area contributed by atoms with Gasteiger partial charge in [0.15, 0.2) is 0 Å². The Hall–Kier alpha value is -3.41. The molecule has 0 aliphatic heterocycles. The first-order valence-corrected chi connectivity index (χ1v) is 8.18. The van der Waals surface area contributed by atoms with Gasteiger partial charge in [-0.2, -0.15) is 0 Å². The second-order valence-electron chi connectivity index (χ2n) is 5.89. The average molecular weight is 348 g/mol. The van der Waals surface area contributed by atoms with Crippen LogP contribution >= 0.6 is 0 Å². The third-order valence-electron chi connectivity index (χ3n) is 3.86. The summed E-state index contributed by atoms with van der Waals surface area (Å²) >= 11 is 0. The Balaban J connectivity index is 1.77. The van der Waals surface area contributed by atoms with Gasteiger partial charge in [-0.15, -0.1) is 0 Å². The molecule has 0 spiro atoms. The average Bonchev–Trinajstić information content (AvgIpc) is 2.65. The second kappa shape index (κ2) is 7.65. The van der Waals surface area contributed by atoms with Crippen molar-refractivity contribution in [3.63, 3.8) is 0 Å². The molecule has 2 N–H and O–H groups in total. The zero-order chi connectivity index (χ0) is 18.5. The predicted molar refractivity (Wildman–Crippen MR) is 102 cm³/mol. The fraction of sp³-hybridized carbons (Fsp3) is 0.150. The number of hydrogen-bond donors (Lipinski definition) is 2. The first kappa shape index (κ1) is 17.4.